The highest BCUT2D eigenvalue weighted by atomic mass is 17.3. The lowest BCUT2D eigenvalue weighted by atomic mass is 9.58. The number of carbonyl (C=O) groups excluding carboxylic acids is 8. The second-order valence-electron chi connectivity index (χ2n) is 39.6. The molecule has 32 heteroatoms. The van der Waals surface area contributed by atoms with E-state index in [9.17, 15) is 38.4 Å². The summed E-state index contributed by atoms with van der Waals surface area (Å²) in [6.07, 6.45) is 7.89. The molecule has 0 aromatic rings. The summed E-state index contributed by atoms with van der Waals surface area (Å²) in [6.45, 7) is 25.8. The first kappa shape index (κ1) is 88.5. The molecule has 32 nitrogen and oxygen atoms in total. The first-order valence-corrected chi connectivity index (χ1v) is 46.0. The highest BCUT2D eigenvalue weighted by Crippen LogP contribution is 2.66. The van der Waals surface area contributed by atoms with E-state index in [-0.39, 0.29) is 172 Å². The lowest BCUT2D eigenvalue weighted by molar-refractivity contribution is -0.576. The highest BCUT2D eigenvalue weighted by Gasteiger charge is 2.75. The standard InChI is InChI=1S/C88H134N4O28/c1-49-19-23-61-53(5)73(105-77-85(61)57(49)35-39-81(9,109-77)113-117-85)101-69(97)31-27-65(93)89-43-17-47-91(67(95)29-33-71(99)103-75-55(7)63-25-21-51(3)59-37-41-83(11)111-79(107-75)87(59,63)119-115-83)45-15-13-14-16-46-92(68(96)30-34-72(100)104-76-56(8)64-26-22-52(4)60-38-42-84(12)112-80(108-76)88(60,64)120-116-84)48-18-44-90-66(94)28-32-70(98)102-74-54(6)62-24-20-50(2)58-36-40-82(10)110-78(106-74)86(58,62)118-114-82/h49-64,73-80H,13-48H2,1-12H3,(H,89,93)(H,90,94)/t49-,50-,51-,52-,53-,54-,55-,56-,57+,58+,59+,60+,61+,62+,63+,64+,73-,74-,75-,76-,77-,78-,79-,80-,81-,82-,83-,84-,85-,86-,87-,88-/m1/s1. The van der Waals surface area contributed by atoms with Crippen LogP contribution in [0.2, 0.25) is 0 Å². The maximum absolute atomic E-state index is 14.5. The third-order valence-electron chi connectivity index (χ3n) is 31.7. The Morgan fingerprint density at radius 1 is 0.300 bits per heavy atom. The Morgan fingerprint density at radius 2 is 0.550 bits per heavy atom. The molecule has 0 unspecified atom stereocenters. The molecular weight excluding hydrogens is 1560 g/mol. The van der Waals surface area contributed by atoms with Gasteiger partial charge in [-0.25, -0.2) is 39.1 Å². The lowest BCUT2D eigenvalue weighted by Gasteiger charge is -2.59. The van der Waals surface area contributed by atoms with Gasteiger partial charge in [-0.05, 0) is 178 Å². The fraction of sp³-hybridized carbons (Fsp3) is 0.909. The fourth-order valence-electron chi connectivity index (χ4n) is 24.8. The van der Waals surface area contributed by atoms with Crippen molar-refractivity contribution in [3.63, 3.8) is 0 Å². The van der Waals surface area contributed by atoms with Crippen LogP contribution in [0.5, 0.6) is 0 Å². The van der Waals surface area contributed by atoms with Crippen molar-refractivity contribution < 1.29 is 134 Å². The third-order valence-corrected chi connectivity index (χ3v) is 31.7. The van der Waals surface area contributed by atoms with E-state index >= 15 is 0 Å². The predicted octanol–water partition coefficient (Wildman–Crippen LogP) is 11.3. The number of ether oxygens (including phenoxy) is 12. The van der Waals surface area contributed by atoms with Gasteiger partial charge in [0.1, 0.15) is 0 Å². The van der Waals surface area contributed by atoms with Crippen molar-refractivity contribution in [2.75, 3.05) is 39.3 Å². The summed E-state index contributed by atoms with van der Waals surface area (Å²) >= 11 is 0. The van der Waals surface area contributed by atoms with Gasteiger partial charge in [0.2, 0.25) is 71.9 Å². The Morgan fingerprint density at radius 3 is 0.817 bits per heavy atom. The fourth-order valence-corrected chi connectivity index (χ4v) is 24.8. The topological polar surface area (TPSA) is 352 Å². The number of rotatable bonds is 31. The summed E-state index contributed by atoms with van der Waals surface area (Å²) in [5, 5.41) is 5.83. The second-order valence-corrected chi connectivity index (χ2v) is 39.6. The Kier molecular flexibility index (Phi) is 26.1. The number of amides is 4. The van der Waals surface area contributed by atoms with Crippen LogP contribution in [0.3, 0.4) is 0 Å². The lowest BCUT2D eigenvalue weighted by Crippen LogP contribution is -2.70. The normalized spacial score (nSPS) is 45.1. The molecule has 4 amide bonds. The zero-order chi connectivity index (χ0) is 84.6. The van der Waals surface area contributed by atoms with Crippen LogP contribution < -0.4 is 10.6 Å². The Labute approximate surface area is 704 Å². The van der Waals surface area contributed by atoms with E-state index in [0.29, 0.717) is 101 Å². The van der Waals surface area contributed by atoms with Crippen molar-refractivity contribution in [2.45, 2.75) is 372 Å². The Balaban J connectivity index is 0.524. The first-order valence-electron chi connectivity index (χ1n) is 46.0. The van der Waals surface area contributed by atoms with E-state index in [0.717, 1.165) is 77.0 Å². The van der Waals surface area contributed by atoms with Gasteiger partial charge >= 0.3 is 23.9 Å². The van der Waals surface area contributed by atoms with Gasteiger partial charge in [0, 0.05) is 138 Å². The molecule has 16 saturated heterocycles. The number of nitrogens with zero attached hydrogens (tertiary/aromatic N) is 2. The maximum atomic E-state index is 14.5. The highest BCUT2D eigenvalue weighted by molar-refractivity contribution is 5.83. The van der Waals surface area contributed by atoms with Crippen molar-refractivity contribution in [3.05, 3.63) is 0 Å². The Hall–Kier alpha value is -4.88. The minimum Gasteiger partial charge on any atom is -0.435 e. The zero-order valence-electron chi connectivity index (χ0n) is 72.6. The summed E-state index contributed by atoms with van der Waals surface area (Å²) in [5.74, 6) is -7.03. The second kappa shape index (κ2) is 35.4. The molecule has 4 aliphatic carbocycles. The molecule has 20 fully saturated rings. The Bertz CT molecular complexity index is 3500. The molecule has 674 valence electrons. The van der Waals surface area contributed by atoms with Crippen molar-refractivity contribution in [1.29, 1.82) is 0 Å². The van der Waals surface area contributed by atoms with E-state index in [1.807, 2.05) is 55.4 Å². The number of fused-ring (bicyclic) bond motifs is 8. The predicted molar refractivity (Wildman–Crippen MR) is 415 cm³/mol. The summed E-state index contributed by atoms with van der Waals surface area (Å²) in [7, 11) is 0. The molecule has 16 aliphatic heterocycles. The van der Waals surface area contributed by atoms with E-state index in [1.54, 1.807) is 9.80 Å². The molecule has 0 aromatic heterocycles. The van der Waals surface area contributed by atoms with Gasteiger partial charge in [0.15, 0.2) is 47.6 Å². The van der Waals surface area contributed by atoms with E-state index in [1.165, 1.54) is 0 Å². The van der Waals surface area contributed by atoms with Crippen LogP contribution in [0.4, 0.5) is 0 Å². The SMILES string of the molecule is C[C@H]1[C@H](OC(=O)CCC(=O)NCCCN(CCCCCCN(CCCNC(=O)CCC(=O)O[C@@H]2O[C@@H]3O[C@@]4(C)CC[C@H]5[C@H](C)CC[C@@H]([C@H]2C)[C@@]35OO4)C(=O)CCC(=O)O[C@@H]2O[C@@H]3O[C@@]4(C)CC[C@H]5[C@H](C)CC[C@@H]([C@H]2C)[C@@]35OO4)C(=O)CCC(=O)O[C@@H]2O[C@@H]3O[C@@]4(C)CC[C@H]5[C@H](C)CC[C@@H]([C@H]2C)[C@@]35OO4)O[C@@H]2O[C@@]3(C)CC[C@H]4[C@H](C)CC[C@@H]1[C@@]24OO3. The van der Waals surface area contributed by atoms with Crippen LogP contribution in [0.25, 0.3) is 0 Å². The molecule has 8 bridgehead atoms. The van der Waals surface area contributed by atoms with E-state index in [4.69, 9.17) is 95.9 Å². The van der Waals surface area contributed by atoms with Crippen LogP contribution >= 0.6 is 0 Å². The number of carbonyl (C=O) groups is 8. The molecule has 2 N–H and O–H groups in total. The summed E-state index contributed by atoms with van der Waals surface area (Å²) < 4.78 is 76.1. The molecule has 120 heavy (non-hydrogen) atoms. The minimum atomic E-state index is -1.02. The summed E-state index contributed by atoms with van der Waals surface area (Å²) in [5.41, 5.74) is -3.35. The van der Waals surface area contributed by atoms with Crippen molar-refractivity contribution in [1.82, 2.24) is 20.4 Å². The van der Waals surface area contributed by atoms with Gasteiger partial charge in [0.25, 0.3) is 0 Å². The largest absolute Gasteiger partial charge is 0.435 e. The van der Waals surface area contributed by atoms with Crippen molar-refractivity contribution in [3.8, 4) is 0 Å². The van der Waals surface area contributed by atoms with Crippen molar-refractivity contribution >= 4 is 47.5 Å². The van der Waals surface area contributed by atoms with Gasteiger partial charge in [-0.1, -0.05) is 68.2 Å². The molecule has 4 spiro atoms. The van der Waals surface area contributed by atoms with Crippen LogP contribution in [0, 0.1) is 94.7 Å². The smallest absolute Gasteiger partial charge is 0.308 e. The number of nitrogens with one attached hydrogen (secondary N) is 2. The molecule has 16 heterocycles. The summed E-state index contributed by atoms with van der Waals surface area (Å²) in [6, 6.07) is 0. The monoisotopic (exact) mass is 1690 g/mol. The molecule has 32 atom stereocenters. The van der Waals surface area contributed by atoms with Gasteiger partial charge in [-0.2, -0.15) is 0 Å². The van der Waals surface area contributed by atoms with Crippen molar-refractivity contribution in [2.24, 2.45) is 94.7 Å². The van der Waals surface area contributed by atoms with E-state index < -0.39 is 120 Å². The molecule has 20 rings (SSSR count). The quantitative estimate of drug-likeness (QED) is 0.0282. The molecule has 20 aliphatic rings. The van der Waals surface area contributed by atoms with Gasteiger partial charge in [0.05, 0.1) is 25.7 Å². The average Bonchev–Trinajstić information content (AvgIpc) is 1.43. The van der Waals surface area contributed by atoms with Crippen LogP contribution in [0.15, 0.2) is 0 Å². The molecule has 4 saturated carbocycles. The van der Waals surface area contributed by atoms with Crippen LogP contribution in [0.1, 0.15) is 276 Å². The molecule has 0 aromatic carbocycles. The molecule has 0 radical (unpaired) electrons. The van der Waals surface area contributed by atoms with Gasteiger partial charge in [-0.15, -0.1) is 0 Å². The summed E-state index contributed by atoms with van der Waals surface area (Å²) in [4.78, 5) is 163. The maximum Gasteiger partial charge on any atom is 0.308 e. The average molecular weight is 1700 g/mol. The van der Waals surface area contributed by atoms with E-state index in [2.05, 4.69) is 38.3 Å². The number of hydrogen-bond acceptors (Lipinski definition) is 28. The number of hydrogen-bond donors (Lipinski definition) is 2. The molecular formula is C88H134N4O28. The van der Waals surface area contributed by atoms with Gasteiger partial charge in [-0.3, -0.25) is 38.4 Å². The van der Waals surface area contributed by atoms with Crippen LogP contribution in [-0.4, -0.2) is 192 Å². The first-order chi connectivity index (χ1) is 57.3. The number of unbranched alkanes of at least 4 members (excludes halogenated alkanes) is 3. The number of esters is 4. The zero-order valence-corrected chi connectivity index (χ0v) is 72.6. The third kappa shape index (κ3) is 16.9. The van der Waals surface area contributed by atoms with Gasteiger partial charge < -0.3 is 77.3 Å². The minimum absolute atomic E-state index is 0.0508. The van der Waals surface area contributed by atoms with Crippen LogP contribution in [-0.2, 0) is 134 Å².